The second-order valence-electron chi connectivity index (χ2n) is 5.66. The summed E-state index contributed by atoms with van der Waals surface area (Å²) < 4.78 is 12.0. The maximum atomic E-state index is 13.2. The number of nitrogens with two attached hydrogens (primary N) is 1. The van der Waals surface area contributed by atoms with Gasteiger partial charge in [-0.25, -0.2) is 0 Å². The zero-order valence-corrected chi connectivity index (χ0v) is 16.0. The van der Waals surface area contributed by atoms with Crippen LogP contribution in [0.1, 0.15) is 15.9 Å². The second kappa shape index (κ2) is 7.62. The van der Waals surface area contributed by atoms with E-state index in [0.29, 0.717) is 33.9 Å². The zero-order chi connectivity index (χ0) is 18.7. The van der Waals surface area contributed by atoms with Crippen molar-refractivity contribution < 1.29 is 14.3 Å². The van der Waals surface area contributed by atoms with Crippen LogP contribution in [0.15, 0.2) is 65.1 Å². The molecule has 0 atom stereocenters. The molecule has 0 aliphatic rings. The molecule has 0 aliphatic carbocycles. The monoisotopic (exact) mass is 411 g/mol. The summed E-state index contributed by atoms with van der Waals surface area (Å²) in [6, 6.07) is 18.5. The number of hydrogen-bond donors (Lipinski definition) is 1. The van der Waals surface area contributed by atoms with E-state index in [9.17, 15) is 4.79 Å². The molecule has 0 heterocycles. The summed E-state index contributed by atoms with van der Waals surface area (Å²) in [5.41, 5.74) is 8.94. The lowest BCUT2D eigenvalue weighted by Gasteiger charge is -2.19. The number of anilines is 1. The molecule has 0 saturated heterocycles. The van der Waals surface area contributed by atoms with Gasteiger partial charge >= 0.3 is 0 Å². The number of ether oxygens (including phenoxy) is 2. The van der Waals surface area contributed by atoms with Gasteiger partial charge in [0.2, 0.25) is 0 Å². The quantitative estimate of drug-likeness (QED) is 0.476. The second-order valence-corrected chi connectivity index (χ2v) is 6.57. The topological polar surface area (TPSA) is 61.5 Å². The van der Waals surface area contributed by atoms with E-state index in [1.165, 1.54) is 7.11 Å². The van der Waals surface area contributed by atoms with Crippen LogP contribution in [0.25, 0.3) is 11.1 Å². The highest BCUT2D eigenvalue weighted by molar-refractivity contribution is 9.10. The minimum absolute atomic E-state index is 0.208. The van der Waals surface area contributed by atoms with Crippen molar-refractivity contribution in [3.05, 3.63) is 76.3 Å². The van der Waals surface area contributed by atoms with E-state index >= 15 is 0 Å². The first-order valence-electron chi connectivity index (χ1n) is 7.97. The minimum Gasteiger partial charge on any atom is -0.496 e. The number of benzene rings is 3. The van der Waals surface area contributed by atoms with Crippen molar-refractivity contribution in [3.63, 3.8) is 0 Å². The van der Waals surface area contributed by atoms with E-state index in [4.69, 9.17) is 15.2 Å². The highest BCUT2D eigenvalue weighted by Crippen LogP contribution is 2.44. The summed E-state index contributed by atoms with van der Waals surface area (Å²) in [6.07, 6.45) is 0. The molecule has 2 N–H and O–H groups in total. The van der Waals surface area contributed by atoms with Crippen LogP contribution in [-0.2, 0) is 0 Å². The van der Waals surface area contributed by atoms with Crippen molar-refractivity contribution in [2.24, 2.45) is 0 Å². The van der Waals surface area contributed by atoms with Gasteiger partial charge in [-0.1, -0.05) is 58.4 Å². The molecular weight excluding hydrogens is 394 g/mol. The maximum absolute atomic E-state index is 13.2. The van der Waals surface area contributed by atoms with Gasteiger partial charge in [-0.2, -0.15) is 0 Å². The lowest BCUT2D eigenvalue weighted by Crippen LogP contribution is -2.10. The maximum Gasteiger partial charge on any atom is 0.198 e. The zero-order valence-electron chi connectivity index (χ0n) is 14.5. The van der Waals surface area contributed by atoms with E-state index < -0.39 is 0 Å². The predicted molar refractivity (Wildman–Crippen MR) is 107 cm³/mol. The number of halogens is 1. The van der Waals surface area contributed by atoms with Gasteiger partial charge in [0.05, 0.1) is 31.0 Å². The van der Waals surface area contributed by atoms with Crippen LogP contribution < -0.4 is 15.2 Å². The van der Waals surface area contributed by atoms with Gasteiger partial charge < -0.3 is 15.2 Å². The van der Waals surface area contributed by atoms with Gasteiger partial charge in [-0.3, -0.25) is 4.79 Å². The highest BCUT2D eigenvalue weighted by Gasteiger charge is 2.25. The first kappa shape index (κ1) is 18.0. The molecule has 3 rings (SSSR count). The Labute approximate surface area is 160 Å². The molecule has 0 bridgehead atoms. The van der Waals surface area contributed by atoms with E-state index in [-0.39, 0.29) is 5.78 Å². The largest absolute Gasteiger partial charge is 0.496 e. The van der Waals surface area contributed by atoms with Gasteiger partial charge in [0.15, 0.2) is 5.78 Å². The fourth-order valence-electron chi connectivity index (χ4n) is 2.91. The Kier molecular flexibility index (Phi) is 5.28. The van der Waals surface area contributed by atoms with Crippen molar-refractivity contribution >= 4 is 27.4 Å². The van der Waals surface area contributed by atoms with Crippen LogP contribution >= 0.6 is 15.9 Å². The number of hydrogen-bond acceptors (Lipinski definition) is 4. The Morgan fingerprint density at radius 2 is 1.69 bits per heavy atom. The number of carbonyl (C=O) groups excluding carboxylic acids is 1. The van der Waals surface area contributed by atoms with Crippen molar-refractivity contribution in [3.8, 4) is 22.6 Å². The first-order chi connectivity index (χ1) is 12.6. The average Bonchev–Trinajstić information content (AvgIpc) is 2.67. The predicted octanol–water partition coefficient (Wildman–Crippen LogP) is 4.95. The number of rotatable bonds is 5. The van der Waals surface area contributed by atoms with Crippen LogP contribution in [0, 0.1) is 0 Å². The van der Waals surface area contributed by atoms with E-state index in [1.807, 2.05) is 42.5 Å². The Morgan fingerprint density at radius 3 is 2.31 bits per heavy atom. The molecule has 3 aromatic rings. The average molecular weight is 412 g/mol. The summed E-state index contributed by atoms with van der Waals surface area (Å²) in [5, 5.41) is 0. The molecule has 5 heteroatoms. The van der Waals surface area contributed by atoms with Crippen LogP contribution in [0.3, 0.4) is 0 Å². The molecule has 0 aromatic heterocycles. The number of ketones is 1. The molecule has 0 spiro atoms. The van der Waals surface area contributed by atoms with Crippen LogP contribution in [0.2, 0.25) is 0 Å². The van der Waals surface area contributed by atoms with Gasteiger partial charge in [-0.15, -0.1) is 0 Å². The molecule has 4 nitrogen and oxygen atoms in total. The summed E-state index contributed by atoms with van der Waals surface area (Å²) >= 11 is 3.40. The molecule has 0 unspecified atom stereocenters. The molecule has 0 fully saturated rings. The summed E-state index contributed by atoms with van der Waals surface area (Å²) in [7, 11) is 3.09. The smallest absolute Gasteiger partial charge is 0.198 e. The third kappa shape index (κ3) is 3.30. The van der Waals surface area contributed by atoms with Gasteiger partial charge in [0.1, 0.15) is 11.5 Å². The lowest BCUT2D eigenvalue weighted by atomic mass is 9.94. The van der Waals surface area contributed by atoms with E-state index in [0.717, 1.165) is 10.0 Å². The molecule has 26 heavy (non-hydrogen) atoms. The molecule has 132 valence electrons. The molecule has 0 radical (unpaired) electrons. The van der Waals surface area contributed by atoms with Crippen LogP contribution in [0.5, 0.6) is 11.5 Å². The molecule has 0 saturated carbocycles. The number of carbonyl (C=O) groups is 1. The number of nitrogen functional groups attached to an aromatic ring is 1. The van der Waals surface area contributed by atoms with Crippen molar-refractivity contribution in [1.82, 2.24) is 0 Å². The third-order valence-electron chi connectivity index (χ3n) is 4.08. The number of methoxy groups -OCH3 is 2. The van der Waals surface area contributed by atoms with E-state index in [2.05, 4.69) is 15.9 Å². The Morgan fingerprint density at radius 1 is 0.962 bits per heavy atom. The first-order valence-corrected chi connectivity index (χ1v) is 8.76. The molecule has 0 amide bonds. The van der Waals surface area contributed by atoms with Crippen molar-refractivity contribution in [2.75, 3.05) is 20.0 Å². The molecular formula is C21H18BrNO3. The standard InChI is InChI=1S/C21H18BrNO3/c1-25-17-12-16(23)19(20(24)14-9-6-10-15(22)11-14)21(26-2)18(17)13-7-4-3-5-8-13/h3-12H,23H2,1-2H3. The highest BCUT2D eigenvalue weighted by atomic mass is 79.9. The van der Waals surface area contributed by atoms with Crippen LogP contribution in [-0.4, -0.2) is 20.0 Å². The van der Waals surface area contributed by atoms with Crippen molar-refractivity contribution in [2.45, 2.75) is 0 Å². The van der Waals surface area contributed by atoms with Gasteiger partial charge in [0, 0.05) is 16.1 Å². The third-order valence-corrected chi connectivity index (χ3v) is 4.57. The molecule has 0 aliphatic heterocycles. The summed E-state index contributed by atoms with van der Waals surface area (Å²) in [6.45, 7) is 0. The van der Waals surface area contributed by atoms with E-state index in [1.54, 1.807) is 25.3 Å². The Hall–Kier alpha value is -2.79. The lowest BCUT2D eigenvalue weighted by molar-refractivity contribution is 0.103. The summed E-state index contributed by atoms with van der Waals surface area (Å²) in [4.78, 5) is 13.2. The Bertz CT molecular complexity index is 955. The van der Waals surface area contributed by atoms with Gasteiger partial charge in [-0.05, 0) is 17.7 Å². The fraction of sp³-hybridized carbons (Fsp3) is 0.0952. The SMILES string of the molecule is COc1cc(N)c(C(=O)c2cccc(Br)c2)c(OC)c1-c1ccccc1. The van der Waals surface area contributed by atoms with Crippen LogP contribution in [0.4, 0.5) is 5.69 Å². The molecule has 3 aromatic carbocycles. The minimum atomic E-state index is -0.208. The normalized spacial score (nSPS) is 10.4. The van der Waals surface area contributed by atoms with Gasteiger partial charge in [0.25, 0.3) is 0 Å². The van der Waals surface area contributed by atoms with Crippen molar-refractivity contribution in [1.29, 1.82) is 0 Å². The fourth-order valence-corrected chi connectivity index (χ4v) is 3.30. The summed E-state index contributed by atoms with van der Waals surface area (Å²) in [5.74, 6) is 0.745. The Balaban J connectivity index is 2.28.